The SMILES string of the molecule is Cc1ccc([Si](C)(C)C)c(-c2c(Cl)cc3c(N4CC5CCC(C5)C4)nc(OCC4(CN(C)C)CC4)nc3c2F)c1. The highest BCUT2D eigenvalue weighted by Gasteiger charge is 2.44. The van der Waals surface area contributed by atoms with Crippen molar-refractivity contribution in [1.82, 2.24) is 14.9 Å². The van der Waals surface area contributed by atoms with Crippen LogP contribution in [-0.4, -0.2) is 63.3 Å². The number of anilines is 1. The summed E-state index contributed by atoms with van der Waals surface area (Å²) in [5, 5.41) is 2.28. The topological polar surface area (TPSA) is 41.5 Å². The highest BCUT2D eigenvalue weighted by Crippen LogP contribution is 2.47. The summed E-state index contributed by atoms with van der Waals surface area (Å²) in [5.74, 6) is 1.70. The van der Waals surface area contributed by atoms with Gasteiger partial charge in [0.2, 0.25) is 0 Å². The molecule has 2 unspecified atom stereocenters. The molecule has 1 aliphatic heterocycles. The van der Waals surface area contributed by atoms with Crippen LogP contribution in [0.3, 0.4) is 0 Å². The number of ether oxygens (including phenoxy) is 1. The Hall–Kier alpha value is -2.22. The van der Waals surface area contributed by atoms with Crippen LogP contribution in [0.2, 0.25) is 24.7 Å². The summed E-state index contributed by atoms with van der Waals surface area (Å²) in [5.41, 5.74) is 2.84. The van der Waals surface area contributed by atoms with Gasteiger partial charge in [0.1, 0.15) is 11.3 Å². The number of nitrogens with zero attached hydrogens (tertiary/aromatic N) is 4. The number of hydrogen-bond donors (Lipinski definition) is 0. The van der Waals surface area contributed by atoms with Gasteiger partial charge in [-0.3, -0.25) is 0 Å². The van der Waals surface area contributed by atoms with Crippen LogP contribution in [0.5, 0.6) is 6.01 Å². The number of hydrogen-bond acceptors (Lipinski definition) is 5. The van der Waals surface area contributed by atoms with Crippen molar-refractivity contribution in [3.05, 3.63) is 40.7 Å². The summed E-state index contributed by atoms with van der Waals surface area (Å²) in [6.07, 6.45) is 6.05. The van der Waals surface area contributed by atoms with E-state index in [1.807, 2.05) is 13.0 Å². The molecule has 2 bridgehead atoms. The number of piperidine rings is 1. The molecule has 2 saturated carbocycles. The van der Waals surface area contributed by atoms with Gasteiger partial charge in [-0.15, -0.1) is 0 Å². The maximum atomic E-state index is 16.8. The molecule has 2 atom stereocenters. The molecule has 1 saturated heterocycles. The third kappa shape index (κ3) is 5.37. The zero-order chi connectivity index (χ0) is 28.4. The molecule has 2 aromatic carbocycles. The van der Waals surface area contributed by atoms with E-state index in [-0.39, 0.29) is 17.2 Å². The van der Waals surface area contributed by atoms with Gasteiger partial charge in [0.25, 0.3) is 0 Å². The second kappa shape index (κ2) is 10.2. The molecular formula is C32H42ClFN4OSi. The van der Waals surface area contributed by atoms with E-state index in [1.54, 1.807) is 0 Å². The molecule has 2 aliphatic carbocycles. The van der Waals surface area contributed by atoms with Crippen molar-refractivity contribution in [3.8, 4) is 17.1 Å². The molecule has 2 heterocycles. The fourth-order valence-corrected chi connectivity index (χ4v) is 8.91. The average molecular weight is 581 g/mol. The highest BCUT2D eigenvalue weighted by atomic mass is 35.5. The lowest BCUT2D eigenvalue weighted by Crippen LogP contribution is -2.39. The van der Waals surface area contributed by atoms with E-state index < -0.39 is 8.07 Å². The summed E-state index contributed by atoms with van der Waals surface area (Å²) in [6.45, 7) is 12.3. The van der Waals surface area contributed by atoms with Crippen LogP contribution in [-0.2, 0) is 0 Å². The van der Waals surface area contributed by atoms with E-state index >= 15 is 4.39 Å². The monoisotopic (exact) mass is 580 g/mol. The van der Waals surface area contributed by atoms with Gasteiger partial charge in [0.15, 0.2) is 5.82 Å². The standard InChI is InChI=1S/C32H42ClFN4OSi/c1-20-7-10-26(40(4,5)6)23(13-20)27-25(33)15-24-29(28(27)34)35-31(39-19-32(11-12-32)18-37(2)3)36-30(24)38-16-21-8-9-22(14-21)17-38/h7,10,13,15,21-22H,8-9,11-12,14,16-19H2,1-6H3. The number of aryl methyl sites for hydroxylation is 1. The second-order valence-electron chi connectivity index (χ2n) is 14.0. The van der Waals surface area contributed by atoms with Crippen molar-refractivity contribution in [1.29, 1.82) is 0 Å². The number of rotatable bonds is 8. The molecule has 6 rings (SSSR count). The Bertz CT molecular complexity index is 1440. The largest absolute Gasteiger partial charge is 0.463 e. The van der Waals surface area contributed by atoms with Crippen molar-refractivity contribution in [2.24, 2.45) is 17.3 Å². The first kappa shape index (κ1) is 27.9. The van der Waals surface area contributed by atoms with Crippen molar-refractivity contribution in [3.63, 3.8) is 0 Å². The average Bonchev–Trinajstić information content (AvgIpc) is 3.55. The van der Waals surface area contributed by atoms with Gasteiger partial charge in [-0.25, -0.2) is 4.39 Å². The summed E-state index contributed by atoms with van der Waals surface area (Å²) >= 11 is 6.98. The Morgan fingerprint density at radius 1 is 1.10 bits per heavy atom. The van der Waals surface area contributed by atoms with E-state index in [1.165, 1.54) is 24.4 Å². The number of fused-ring (bicyclic) bond motifs is 3. The fourth-order valence-electron chi connectivity index (χ4n) is 7.03. The Morgan fingerprint density at radius 2 is 1.80 bits per heavy atom. The van der Waals surface area contributed by atoms with Gasteiger partial charge in [0, 0.05) is 36.0 Å². The van der Waals surface area contributed by atoms with Crippen LogP contribution in [0.25, 0.3) is 22.0 Å². The second-order valence-corrected chi connectivity index (χ2v) is 19.5. The molecule has 5 nitrogen and oxygen atoms in total. The Balaban J connectivity index is 1.49. The van der Waals surface area contributed by atoms with Crippen LogP contribution < -0.4 is 14.8 Å². The highest BCUT2D eigenvalue weighted by molar-refractivity contribution is 6.89. The maximum absolute atomic E-state index is 16.8. The molecule has 0 radical (unpaired) electrons. The number of aromatic nitrogens is 2. The van der Waals surface area contributed by atoms with Gasteiger partial charge in [-0.05, 0) is 76.6 Å². The zero-order valence-corrected chi connectivity index (χ0v) is 26.5. The molecule has 3 aromatic rings. The lowest BCUT2D eigenvalue weighted by atomic mass is 9.97. The van der Waals surface area contributed by atoms with Crippen LogP contribution in [0, 0.1) is 30.0 Å². The first-order valence-electron chi connectivity index (χ1n) is 14.8. The number of halogens is 2. The van der Waals surface area contributed by atoms with Gasteiger partial charge < -0.3 is 14.5 Å². The van der Waals surface area contributed by atoms with E-state index in [4.69, 9.17) is 26.3 Å². The normalized spacial score (nSPS) is 21.9. The van der Waals surface area contributed by atoms with Crippen LogP contribution in [0.15, 0.2) is 24.3 Å². The summed E-state index contributed by atoms with van der Waals surface area (Å²) in [7, 11) is 2.40. The van der Waals surface area contributed by atoms with Crippen molar-refractivity contribution >= 4 is 41.6 Å². The van der Waals surface area contributed by atoms with Crippen molar-refractivity contribution in [2.75, 3.05) is 45.2 Å². The zero-order valence-electron chi connectivity index (χ0n) is 24.8. The number of benzene rings is 2. The molecule has 214 valence electrons. The molecule has 8 heteroatoms. The van der Waals surface area contributed by atoms with Gasteiger partial charge in [-0.2, -0.15) is 9.97 Å². The molecule has 1 aromatic heterocycles. The summed E-state index contributed by atoms with van der Waals surface area (Å²) < 4.78 is 23.1. The molecule has 0 spiro atoms. The first-order chi connectivity index (χ1) is 18.9. The third-order valence-electron chi connectivity index (χ3n) is 9.12. The Kier molecular flexibility index (Phi) is 7.15. The Labute approximate surface area is 244 Å². The van der Waals surface area contributed by atoms with Gasteiger partial charge in [0.05, 0.1) is 19.7 Å². The lowest BCUT2D eigenvalue weighted by Gasteiger charge is -2.33. The molecule has 3 aliphatic rings. The fraction of sp³-hybridized carbons (Fsp3) is 0.562. The quantitative estimate of drug-likeness (QED) is 0.271. The van der Waals surface area contributed by atoms with Crippen LogP contribution >= 0.6 is 11.6 Å². The predicted molar refractivity (Wildman–Crippen MR) is 166 cm³/mol. The Morgan fingerprint density at radius 3 is 2.42 bits per heavy atom. The molecule has 0 N–H and O–H groups in total. The first-order valence-corrected chi connectivity index (χ1v) is 18.6. The molecular weight excluding hydrogens is 539 g/mol. The molecule has 40 heavy (non-hydrogen) atoms. The van der Waals surface area contributed by atoms with Gasteiger partial charge in [-0.1, -0.05) is 60.2 Å². The van der Waals surface area contributed by atoms with Crippen LogP contribution in [0.1, 0.15) is 37.7 Å². The van der Waals surface area contributed by atoms with Gasteiger partial charge >= 0.3 is 6.01 Å². The minimum atomic E-state index is -1.79. The maximum Gasteiger partial charge on any atom is 0.319 e. The van der Waals surface area contributed by atoms with E-state index in [0.717, 1.165) is 49.4 Å². The van der Waals surface area contributed by atoms with E-state index in [0.29, 0.717) is 39.9 Å². The predicted octanol–water partition coefficient (Wildman–Crippen LogP) is 6.90. The third-order valence-corrected chi connectivity index (χ3v) is 11.5. The summed E-state index contributed by atoms with van der Waals surface area (Å²) in [4.78, 5) is 14.2. The van der Waals surface area contributed by atoms with Crippen LogP contribution in [0.4, 0.5) is 10.2 Å². The summed E-state index contributed by atoms with van der Waals surface area (Å²) in [6, 6.07) is 8.51. The minimum absolute atomic E-state index is 0.129. The molecule has 0 amide bonds. The van der Waals surface area contributed by atoms with E-state index in [2.05, 4.69) is 61.7 Å². The minimum Gasteiger partial charge on any atom is -0.463 e. The van der Waals surface area contributed by atoms with Crippen molar-refractivity contribution < 1.29 is 9.13 Å². The van der Waals surface area contributed by atoms with Crippen molar-refractivity contribution in [2.45, 2.75) is 58.7 Å². The lowest BCUT2D eigenvalue weighted by molar-refractivity contribution is 0.183. The van der Waals surface area contributed by atoms with E-state index in [9.17, 15) is 0 Å². The smallest absolute Gasteiger partial charge is 0.319 e. The molecule has 3 fully saturated rings.